The Hall–Kier alpha value is -3.35. The van der Waals surface area contributed by atoms with Gasteiger partial charge in [-0.2, -0.15) is 0 Å². The monoisotopic (exact) mass is 477 g/mol. The summed E-state index contributed by atoms with van der Waals surface area (Å²) in [4.78, 5) is 29.6. The third-order valence-corrected chi connectivity index (χ3v) is 6.44. The molecule has 0 saturated heterocycles. The number of hydrogen-bond donors (Lipinski definition) is 2. The van der Waals surface area contributed by atoms with Crippen LogP contribution in [0.25, 0.3) is 0 Å². The van der Waals surface area contributed by atoms with Crippen LogP contribution in [0.2, 0.25) is 0 Å². The van der Waals surface area contributed by atoms with E-state index >= 15 is 0 Å². The second-order valence-corrected chi connectivity index (χ2v) is 8.61. The number of nitrogens with zero attached hydrogens (tertiary/aromatic N) is 2. The molecule has 176 valence electrons. The predicted octanol–water partition coefficient (Wildman–Crippen LogP) is 5.19. The van der Waals surface area contributed by atoms with Gasteiger partial charge in [-0.3, -0.25) is 9.59 Å². The van der Waals surface area contributed by atoms with E-state index in [1.807, 2.05) is 61.5 Å². The number of nitrogens with one attached hydrogen (secondary N) is 1. The maximum absolute atomic E-state index is 13.3. The first kappa shape index (κ1) is 23.8. The van der Waals surface area contributed by atoms with E-state index < -0.39 is 11.6 Å². The van der Waals surface area contributed by atoms with Crippen molar-refractivity contribution in [3.63, 3.8) is 0 Å². The zero-order valence-corrected chi connectivity index (χ0v) is 19.8. The predicted molar refractivity (Wildman–Crippen MR) is 136 cm³/mol. The third-order valence-electron chi connectivity index (χ3n) is 6.01. The van der Waals surface area contributed by atoms with Crippen molar-refractivity contribution in [3.8, 4) is 0 Å². The van der Waals surface area contributed by atoms with Crippen LogP contribution >= 0.6 is 11.6 Å². The maximum Gasteiger partial charge on any atom is 0.262 e. The van der Waals surface area contributed by atoms with Gasteiger partial charge in [0.1, 0.15) is 0 Å². The van der Waals surface area contributed by atoms with Crippen molar-refractivity contribution < 1.29 is 14.7 Å². The molecule has 0 spiro atoms. The molecule has 34 heavy (non-hydrogen) atoms. The van der Waals surface area contributed by atoms with Gasteiger partial charge in [-0.05, 0) is 62.2 Å². The molecule has 3 aromatic rings. The van der Waals surface area contributed by atoms with Crippen LogP contribution in [-0.4, -0.2) is 35.5 Å². The summed E-state index contributed by atoms with van der Waals surface area (Å²) in [5.74, 6) is -0.488. The molecule has 7 heteroatoms. The standard InChI is InChI=1S/C27H28ClN3O3/c1-2-30(21-9-4-3-5-10-21)25(28)26(33)29-20-16-14-19(15-17-20)27(34)31-18-8-13-24(32)22-11-6-7-12-23(22)31/h3-7,9-12,14-17,24-25,32H,2,8,13,18H2,1H3,(H,29,33). The number of aliphatic hydroxyl groups excluding tert-OH is 1. The smallest absolute Gasteiger partial charge is 0.262 e. The average molecular weight is 478 g/mol. The van der Waals surface area contributed by atoms with E-state index in [0.717, 1.165) is 16.9 Å². The van der Waals surface area contributed by atoms with Gasteiger partial charge in [-0.15, -0.1) is 0 Å². The molecule has 2 amide bonds. The number of aliphatic hydroxyl groups is 1. The molecule has 6 nitrogen and oxygen atoms in total. The molecule has 1 aliphatic rings. The van der Waals surface area contributed by atoms with E-state index in [1.54, 1.807) is 34.1 Å². The molecule has 4 rings (SSSR count). The summed E-state index contributed by atoms with van der Waals surface area (Å²) >= 11 is 6.47. The number of amides is 2. The number of alkyl halides is 1. The van der Waals surface area contributed by atoms with Crippen LogP contribution in [0.4, 0.5) is 17.1 Å². The SMILES string of the molecule is CCN(c1ccccc1)C(Cl)C(=O)Nc1ccc(C(=O)N2CCCC(O)c3ccccc32)cc1. The van der Waals surface area contributed by atoms with Gasteiger partial charge in [0, 0.05) is 41.3 Å². The van der Waals surface area contributed by atoms with Gasteiger partial charge in [0.05, 0.1) is 6.10 Å². The van der Waals surface area contributed by atoms with Gasteiger partial charge < -0.3 is 20.2 Å². The molecule has 3 aromatic carbocycles. The average Bonchev–Trinajstić information content (AvgIpc) is 3.04. The number of anilines is 3. The van der Waals surface area contributed by atoms with Crippen molar-refractivity contribution >= 4 is 40.5 Å². The van der Waals surface area contributed by atoms with E-state index in [4.69, 9.17) is 11.6 Å². The first-order valence-corrected chi connectivity index (χ1v) is 11.9. The summed E-state index contributed by atoms with van der Waals surface area (Å²) in [5, 5.41) is 13.2. The lowest BCUT2D eigenvalue weighted by atomic mass is 10.0. The molecule has 0 radical (unpaired) electrons. The van der Waals surface area contributed by atoms with Crippen LogP contribution in [0.5, 0.6) is 0 Å². The van der Waals surface area contributed by atoms with Crippen molar-refractivity contribution in [2.75, 3.05) is 28.2 Å². The molecular formula is C27H28ClN3O3. The summed E-state index contributed by atoms with van der Waals surface area (Å²) in [6.45, 7) is 3.05. The number of carbonyl (C=O) groups is 2. The Balaban J connectivity index is 1.46. The van der Waals surface area contributed by atoms with E-state index in [2.05, 4.69) is 5.32 Å². The van der Waals surface area contributed by atoms with Gasteiger partial charge >= 0.3 is 0 Å². The van der Waals surface area contributed by atoms with Gasteiger partial charge in [-0.25, -0.2) is 0 Å². The van der Waals surface area contributed by atoms with E-state index in [9.17, 15) is 14.7 Å². The summed E-state index contributed by atoms with van der Waals surface area (Å²) in [7, 11) is 0. The second kappa shape index (κ2) is 10.7. The summed E-state index contributed by atoms with van der Waals surface area (Å²) in [6.07, 6.45) is 0.749. The van der Waals surface area contributed by atoms with Crippen LogP contribution < -0.4 is 15.1 Å². The zero-order valence-electron chi connectivity index (χ0n) is 19.0. The number of para-hydroxylation sites is 2. The zero-order chi connectivity index (χ0) is 24.1. The molecule has 2 unspecified atom stereocenters. The number of carbonyl (C=O) groups excluding carboxylic acids is 2. The minimum Gasteiger partial charge on any atom is -0.388 e. The fourth-order valence-electron chi connectivity index (χ4n) is 4.23. The van der Waals surface area contributed by atoms with Crippen molar-refractivity contribution in [1.82, 2.24) is 0 Å². The molecule has 1 aliphatic heterocycles. The van der Waals surface area contributed by atoms with Gasteiger partial charge in [0.2, 0.25) is 0 Å². The van der Waals surface area contributed by atoms with Crippen LogP contribution in [-0.2, 0) is 4.79 Å². The number of benzene rings is 3. The lowest BCUT2D eigenvalue weighted by molar-refractivity contribution is -0.115. The number of fused-ring (bicyclic) bond motifs is 1. The van der Waals surface area contributed by atoms with Crippen LogP contribution in [0.1, 0.15) is 41.8 Å². The van der Waals surface area contributed by atoms with E-state index in [-0.39, 0.29) is 11.8 Å². The Morgan fingerprint density at radius 3 is 2.44 bits per heavy atom. The Morgan fingerprint density at radius 1 is 1.06 bits per heavy atom. The maximum atomic E-state index is 13.3. The number of likely N-dealkylation sites (N-methyl/N-ethyl adjacent to an activating group) is 1. The highest BCUT2D eigenvalue weighted by Gasteiger charge is 2.26. The normalized spacial score (nSPS) is 16.2. The molecule has 2 N–H and O–H groups in total. The highest BCUT2D eigenvalue weighted by Crippen LogP contribution is 2.33. The van der Waals surface area contributed by atoms with E-state index in [0.29, 0.717) is 37.2 Å². The minimum atomic E-state index is -0.881. The van der Waals surface area contributed by atoms with Crippen molar-refractivity contribution in [2.24, 2.45) is 0 Å². The first-order chi connectivity index (χ1) is 16.5. The van der Waals surface area contributed by atoms with Crippen molar-refractivity contribution in [2.45, 2.75) is 31.4 Å². The van der Waals surface area contributed by atoms with Gasteiger partial charge in [0.25, 0.3) is 11.8 Å². The van der Waals surface area contributed by atoms with Gasteiger partial charge in [0.15, 0.2) is 5.50 Å². The van der Waals surface area contributed by atoms with Crippen molar-refractivity contribution in [3.05, 3.63) is 90.0 Å². The number of hydrogen-bond acceptors (Lipinski definition) is 4. The Bertz CT molecular complexity index is 1140. The van der Waals surface area contributed by atoms with Gasteiger partial charge in [-0.1, -0.05) is 48.0 Å². The second-order valence-electron chi connectivity index (χ2n) is 8.20. The minimum absolute atomic E-state index is 0.143. The topological polar surface area (TPSA) is 72.9 Å². The molecule has 1 heterocycles. The van der Waals surface area contributed by atoms with E-state index in [1.165, 1.54) is 0 Å². The van der Waals surface area contributed by atoms with Crippen LogP contribution in [0, 0.1) is 0 Å². The molecule has 0 fully saturated rings. The molecule has 0 bridgehead atoms. The summed E-state index contributed by atoms with van der Waals surface area (Å²) < 4.78 is 0. The summed E-state index contributed by atoms with van der Waals surface area (Å²) in [6, 6.07) is 23.8. The molecule has 0 aromatic heterocycles. The third kappa shape index (κ3) is 5.08. The molecular weight excluding hydrogens is 450 g/mol. The quantitative estimate of drug-likeness (QED) is 0.378. The Labute approximate surface area is 204 Å². The first-order valence-electron chi connectivity index (χ1n) is 11.4. The lowest BCUT2D eigenvalue weighted by Gasteiger charge is -2.27. The van der Waals surface area contributed by atoms with Crippen molar-refractivity contribution in [1.29, 1.82) is 0 Å². The fourth-order valence-corrected chi connectivity index (χ4v) is 4.54. The largest absolute Gasteiger partial charge is 0.388 e. The fraction of sp³-hybridized carbons (Fsp3) is 0.259. The molecule has 0 aliphatic carbocycles. The van der Waals surface area contributed by atoms with Crippen LogP contribution in [0.3, 0.4) is 0 Å². The molecule has 0 saturated carbocycles. The van der Waals surface area contributed by atoms with Crippen LogP contribution in [0.15, 0.2) is 78.9 Å². The number of rotatable bonds is 6. The highest BCUT2D eigenvalue weighted by atomic mass is 35.5. The Kier molecular flexibility index (Phi) is 7.50. The summed E-state index contributed by atoms with van der Waals surface area (Å²) in [5.41, 5.74) is 2.55. The Morgan fingerprint density at radius 2 is 1.74 bits per heavy atom. The number of halogens is 1. The molecule has 2 atom stereocenters. The highest BCUT2D eigenvalue weighted by molar-refractivity contribution is 6.33. The lowest BCUT2D eigenvalue weighted by Crippen LogP contribution is -2.40.